The summed E-state index contributed by atoms with van der Waals surface area (Å²) in [5, 5.41) is 6.78. The molecule has 0 bridgehead atoms. The van der Waals surface area contributed by atoms with E-state index in [9.17, 15) is 0 Å². The van der Waals surface area contributed by atoms with Gasteiger partial charge in [-0.2, -0.15) is 0 Å². The van der Waals surface area contributed by atoms with Gasteiger partial charge in [0.15, 0.2) is 5.96 Å². The van der Waals surface area contributed by atoms with E-state index in [2.05, 4.69) is 61.6 Å². The van der Waals surface area contributed by atoms with Crippen molar-refractivity contribution in [2.45, 2.75) is 52.2 Å². The highest BCUT2D eigenvalue weighted by Gasteiger charge is 2.28. The molecule has 0 heterocycles. The summed E-state index contributed by atoms with van der Waals surface area (Å²) >= 11 is 0. The molecule has 1 aromatic rings. The minimum Gasteiger partial charge on any atom is -0.496 e. The molecule has 142 valence electrons. The number of benzene rings is 1. The number of nitrogens with one attached hydrogen (secondary N) is 2. The number of likely N-dealkylation sites (N-methyl/N-ethyl adjacent to an activating group) is 1. The van der Waals surface area contributed by atoms with Gasteiger partial charge in [-0.05, 0) is 52.3 Å². The normalized spacial score (nSPS) is 15.5. The lowest BCUT2D eigenvalue weighted by Gasteiger charge is -2.25. The lowest BCUT2D eigenvalue weighted by atomic mass is 10.1. The highest BCUT2D eigenvalue weighted by atomic mass is 127. The maximum atomic E-state index is 5.46. The molecule has 0 saturated heterocycles. The largest absolute Gasteiger partial charge is 0.496 e. The first-order chi connectivity index (χ1) is 11.5. The third-order valence-electron chi connectivity index (χ3n) is 4.58. The molecule has 6 heteroatoms. The molecule has 0 spiro atoms. The minimum atomic E-state index is 0. The molecular formula is C19H33IN4O. The predicted octanol–water partition coefficient (Wildman–Crippen LogP) is 3.16. The summed E-state index contributed by atoms with van der Waals surface area (Å²) in [6.07, 6.45) is 2.67. The van der Waals surface area contributed by atoms with Crippen molar-refractivity contribution in [3.05, 3.63) is 29.3 Å². The molecule has 1 saturated carbocycles. The molecule has 1 aliphatic rings. The number of hydrogen-bond acceptors (Lipinski definition) is 3. The molecule has 1 atom stereocenters. The number of aliphatic imine (C=N–C) groups is 1. The van der Waals surface area contributed by atoms with Crippen molar-refractivity contribution < 1.29 is 4.74 Å². The van der Waals surface area contributed by atoms with Crippen LogP contribution in [0.2, 0.25) is 0 Å². The number of hydrogen-bond donors (Lipinski definition) is 2. The van der Waals surface area contributed by atoms with Gasteiger partial charge < -0.3 is 15.4 Å². The van der Waals surface area contributed by atoms with Crippen molar-refractivity contribution in [3.63, 3.8) is 0 Å². The Morgan fingerprint density at radius 3 is 2.68 bits per heavy atom. The zero-order chi connectivity index (χ0) is 17.5. The van der Waals surface area contributed by atoms with E-state index in [1.165, 1.54) is 18.4 Å². The standard InChI is InChI=1S/C19H32N4O.HI/c1-6-20-19(21-12-15(3)23(4)17-9-10-17)22-13-16-8-7-14(2)11-18(16)24-5;/h7-8,11,15,17H,6,9-10,12-13H2,1-5H3,(H2,20,21,22);1H. The van der Waals surface area contributed by atoms with E-state index in [-0.39, 0.29) is 24.0 Å². The second-order valence-corrected chi connectivity index (χ2v) is 6.64. The molecule has 1 fully saturated rings. The Labute approximate surface area is 169 Å². The number of aryl methyl sites for hydroxylation is 1. The maximum absolute atomic E-state index is 5.46. The van der Waals surface area contributed by atoms with Gasteiger partial charge in [-0.1, -0.05) is 12.1 Å². The van der Waals surface area contributed by atoms with Gasteiger partial charge in [0.1, 0.15) is 5.75 Å². The zero-order valence-corrected chi connectivity index (χ0v) is 18.5. The number of guanidine groups is 1. The Morgan fingerprint density at radius 1 is 1.36 bits per heavy atom. The summed E-state index contributed by atoms with van der Waals surface area (Å²) in [6.45, 7) is 8.76. The van der Waals surface area contributed by atoms with Gasteiger partial charge in [-0.15, -0.1) is 24.0 Å². The van der Waals surface area contributed by atoms with Gasteiger partial charge in [-0.25, -0.2) is 4.99 Å². The lowest BCUT2D eigenvalue weighted by Crippen LogP contribution is -2.45. The first kappa shape index (κ1) is 22.0. The smallest absolute Gasteiger partial charge is 0.191 e. The van der Waals surface area contributed by atoms with E-state index in [0.29, 0.717) is 12.6 Å². The Balaban J connectivity index is 0.00000312. The van der Waals surface area contributed by atoms with E-state index in [4.69, 9.17) is 9.73 Å². The summed E-state index contributed by atoms with van der Waals surface area (Å²) in [7, 11) is 3.92. The van der Waals surface area contributed by atoms with Crippen LogP contribution in [0.15, 0.2) is 23.2 Å². The molecule has 0 aromatic heterocycles. The van der Waals surface area contributed by atoms with Gasteiger partial charge in [0.2, 0.25) is 0 Å². The molecule has 0 aliphatic heterocycles. The summed E-state index contributed by atoms with van der Waals surface area (Å²) in [5.41, 5.74) is 2.30. The molecule has 1 aromatic carbocycles. The van der Waals surface area contributed by atoms with E-state index < -0.39 is 0 Å². The number of rotatable bonds is 8. The van der Waals surface area contributed by atoms with Crippen LogP contribution in [-0.4, -0.2) is 50.2 Å². The number of nitrogens with zero attached hydrogens (tertiary/aromatic N) is 2. The maximum Gasteiger partial charge on any atom is 0.191 e. The fourth-order valence-electron chi connectivity index (χ4n) is 2.72. The van der Waals surface area contributed by atoms with Gasteiger partial charge in [-0.3, -0.25) is 4.90 Å². The zero-order valence-electron chi connectivity index (χ0n) is 16.1. The van der Waals surface area contributed by atoms with E-state index in [1.807, 2.05) is 0 Å². The van der Waals surface area contributed by atoms with Crippen LogP contribution in [0.3, 0.4) is 0 Å². The fourth-order valence-corrected chi connectivity index (χ4v) is 2.72. The summed E-state index contributed by atoms with van der Waals surface area (Å²) in [4.78, 5) is 7.17. The Bertz CT molecular complexity index is 560. The second-order valence-electron chi connectivity index (χ2n) is 6.64. The first-order valence-electron chi connectivity index (χ1n) is 8.92. The molecule has 5 nitrogen and oxygen atoms in total. The van der Waals surface area contributed by atoms with E-state index in [1.54, 1.807) is 7.11 Å². The number of halogens is 1. The summed E-state index contributed by atoms with van der Waals surface area (Å²) in [6, 6.07) is 7.51. The average Bonchev–Trinajstić information content (AvgIpc) is 3.42. The molecular weight excluding hydrogens is 427 g/mol. The monoisotopic (exact) mass is 460 g/mol. The van der Waals surface area contributed by atoms with E-state index >= 15 is 0 Å². The Morgan fingerprint density at radius 2 is 2.08 bits per heavy atom. The van der Waals surface area contributed by atoms with Gasteiger partial charge in [0.25, 0.3) is 0 Å². The quantitative estimate of drug-likeness (QED) is 0.356. The number of ether oxygens (including phenoxy) is 1. The predicted molar refractivity (Wildman–Crippen MR) is 116 cm³/mol. The van der Waals surface area contributed by atoms with Crippen molar-refractivity contribution in [1.82, 2.24) is 15.5 Å². The van der Waals surface area contributed by atoms with Crippen LogP contribution in [0.1, 0.15) is 37.8 Å². The number of methoxy groups -OCH3 is 1. The van der Waals surface area contributed by atoms with Crippen LogP contribution < -0.4 is 15.4 Å². The molecule has 0 amide bonds. The molecule has 1 unspecified atom stereocenters. The molecule has 25 heavy (non-hydrogen) atoms. The third-order valence-corrected chi connectivity index (χ3v) is 4.58. The molecule has 2 rings (SSSR count). The minimum absolute atomic E-state index is 0. The van der Waals surface area contributed by atoms with Crippen LogP contribution in [0.25, 0.3) is 0 Å². The second kappa shape index (κ2) is 10.9. The molecule has 2 N–H and O–H groups in total. The summed E-state index contributed by atoms with van der Waals surface area (Å²) < 4.78 is 5.46. The van der Waals surface area contributed by atoms with Crippen molar-refractivity contribution in [2.24, 2.45) is 4.99 Å². The van der Waals surface area contributed by atoms with Crippen molar-refractivity contribution in [1.29, 1.82) is 0 Å². The average molecular weight is 460 g/mol. The van der Waals surface area contributed by atoms with Crippen molar-refractivity contribution in [2.75, 3.05) is 27.2 Å². The van der Waals surface area contributed by atoms with Gasteiger partial charge in [0.05, 0.1) is 13.7 Å². The lowest BCUT2D eigenvalue weighted by molar-refractivity contribution is 0.247. The van der Waals surface area contributed by atoms with Crippen LogP contribution in [0.4, 0.5) is 0 Å². The molecule has 1 aliphatic carbocycles. The third kappa shape index (κ3) is 7.01. The van der Waals surface area contributed by atoms with Crippen LogP contribution in [-0.2, 0) is 6.54 Å². The molecule has 0 radical (unpaired) electrons. The highest BCUT2D eigenvalue weighted by molar-refractivity contribution is 14.0. The fraction of sp³-hybridized carbons (Fsp3) is 0.632. The van der Waals surface area contributed by atoms with Crippen molar-refractivity contribution in [3.8, 4) is 5.75 Å². The topological polar surface area (TPSA) is 48.9 Å². The van der Waals surface area contributed by atoms with Gasteiger partial charge in [0, 0.05) is 30.7 Å². The Kier molecular flexibility index (Phi) is 9.56. The van der Waals surface area contributed by atoms with Crippen LogP contribution in [0, 0.1) is 6.92 Å². The first-order valence-corrected chi connectivity index (χ1v) is 8.92. The SMILES string of the molecule is CCNC(=NCc1ccc(C)cc1OC)NCC(C)N(C)C1CC1.I. The van der Waals surface area contributed by atoms with Crippen LogP contribution >= 0.6 is 24.0 Å². The van der Waals surface area contributed by atoms with Gasteiger partial charge >= 0.3 is 0 Å². The highest BCUT2D eigenvalue weighted by Crippen LogP contribution is 2.26. The Hall–Kier alpha value is -1.02. The van der Waals surface area contributed by atoms with Crippen molar-refractivity contribution >= 4 is 29.9 Å². The summed E-state index contributed by atoms with van der Waals surface area (Å²) in [5.74, 6) is 1.76. The van der Waals surface area contributed by atoms with Crippen LogP contribution in [0.5, 0.6) is 5.75 Å². The van der Waals surface area contributed by atoms with E-state index in [0.717, 1.165) is 36.4 Å².